The predicted molar refractivity (Wildman–Crippen MR) is 137 cm³/mol. The molecule has 0 radical (unpaired) electrons. The van der Waals surface area contributed by atoms with Gasteiger partial charge in [0.25, 0.3) is 0 Å². The predicted octanol–water partition coefficient (Wildman–Crippen LogP) is 4.16. The third-order valence-electron chi connectivity index (χ3n) is 8.93. The van der Waals surface area contributed by atoms with Crippen LogP contribution < -0.4 is 10.6 Å². The molecule has 5 heteroatoms. The third-order valence-corrected chi connectivity index (χ3v) is 8.93. The quantitative estimate of drug-likeness (QED) is 0.703. The molecule has 5 rings (SSSR count). The topological polar surface area (TPSA) is 57.3 Å². The highest BCUT2D eigenvalue weighted by molar-refractivity contribution is 5.82. The largest absolute Gasteiger partial charge is 0.339 e. The minimum atomic E-state index is -0.208. The maximum Gasteiger partial charge on any atom is 0.228 e. The molecule has 2 fully saturated rings. The summed E-state index contributed by atoms with van der Waals surface area (Å²) in [6, 6.07) is 15.6. The van der Waals surface area contributed by atoms with E-state index < -0.39 is 0 Å². The van der Waals surface area contributed by atoms with Crippen molar-refractivity contribution in [1.29, 1.82) is 0 Å². The lowest BCUT2D eigenvalue weighted by atomic mass is 9.68. The molecule has 0 unspecified atom stereocenters. The van der Waals surface area contributed by atoms with E-state index in [1.807, 2.05) is 6.92 Å². The molecule has 3 aliphatic heterocycles. The average Bonchev–Trinajstić information content (AvgIpc) is 3.28. The summed E-state index contributed by atoms with van der Waals surface area (Å²) in [5.74, 6) is 1.38. The van der Waals surface area contributed by atoms with Gasteiger partial charge >= 0.3 is 0 Å². The Labute approximate surface area is 204 Å². The van der Waals surface area contributed by atoms with E-state index in [4.69, 9.17) is 4.98 Å². The number of amides is 1. The number of likely N-dealkylation sites (tertiary alicyclic amines) is 1. The Kier molecular flexibility index (Phi) is 6.76. The van der Waals surface area contributed by atoms with Gasteiger partial charge in [0.05, 0.1) is 11.6 Å². The minimum absolute atomic E-state index is 0.0475. The standard InChI is InChI=1S/C29H40N4O/c1-4-21(5-2)27-15-23(22-9-7-6-8-10-22)13-14-33(27)28(34)25-16-30-18-29(25)19-31-17-26-24(29)12-11-20(3)32-26/h6-12,21,23,25,27,30-31H,4-5,13-19H2,1-3H3/t23-,25+,27+,29-/m1/s1. The number of carbonyl (C=O) groups is 1. The van der Waals surface area contributed by atoms with Gasteiger partial charge in [0, 0.05) is 49.9 Å². The number of hydrogen-bond donors (Lipinski definition) is 2. The van der Waals surface area contributed by atoms with Gasteiger partial charge in [0.2, 0.25) is 5.91 Å². The Morgan fingerprint density at radius 2 is 1.88 bits per heavy atom. The van der Waals surface area contributed by atoms with E-state index in [0.29, 0.717) is 23.8 Å². The lowest BCUT2D eigenvalue weighted by molar-refractivity contribution is -0.142. The number of fused-ring (bicyclic) bond motifs is 2. The van der Waals surface area contributed by atoms with Crippen LogP contribution in [0.1, 0.15) is 68.0 Å². The molecule has 1 aromatic carbocycles. The van der Waals surface area contributed by atoms with Crippen molar-refractivity contribution >= 4 is 5.91 Å². The molecule has 4 atom stereocenters. The number of pyridine rings is 1. The molecule has 5 nitrogen and oxygen atoms in total. The number of nitrogens with zero attached hydrogens (tertiary/aromatic N) is 2. The highest BCUT2D eigenvalue weighted by atomic mass is 16.2. The van der Waals surface area contributed by atoms with Crippen molar-refractivity contribution in [3.63, 3.8) is 0 Å². The molecule has 1 spiro atoms. The zero-order valence-corrected chi connectivity index (χ0v) is 21.0. The van der Waals surface area contributed by atoms with Crippen molar-refractivity contribution in [2.24, 2.45) is 11.8 Å². The molecular weight excluding hydrogens is 420 g/mol. The zero-order valence-electron chi connectivity index (χ0n) is 21.0. The van der Waals surface area contributed by atoms with Gasteiger partial charge in [0.1, 0.15) is 0 Å². The lowest BCUT2D eigenvalue weighted by Gasteiger charge is -2.47. The van der Waals surface area contributed by atoms with Gasteiger partial charge in [-0.15, -0.1) is 0 Å². The van der Waals surface area contributed by atoms with Gasteiger partial charge in [-0.3, -0.25) is 9.78 Å². The normalized spacial score (nSPS) is 28.9. The second-order valence-electron chi connectivity index (χ2n) is 10.7. The fourth-order valence-electron chi connectivity index (χ4n) is 7.03. The first-order valence-electron chi connectivity index (χ1n) is 13.3. The van der Waals surface area contributed by atoms with Crippen LogP contribution in [-0.4, -0.2) is 48.0 Å². The lowest BCUT2D eigenvalue weighted by Crippen LogP contribution is -2.57. The van der Waals surface area contributed by atoms with Gasteiger partial charge in [-0.05, 0) is 48.8 Å². The van der Waals surface area contributed by atoms with E-state index in [-0.39, 0.29) is 11.3 Å². The first-order chi connectivity index (χ1) is 16.6. The molecule has 1 aromatic heterocycles. The Hall–Kier alpha value is -2.24. The maximum atomic E-state index is 14.4. The van der Waals surface area contributed by atoms with Crippen molar-refractivity contribution in [2.45, 2.75) is 70.4 Å². The number of carbonyl (C=O) groups excluding carboxylic acids is 1. The van der Waals surface area contributed by atoms with Crippen LogP contribution in [0.15, 0.2) is 42.5 Å². The van der Waals surface area contributed by atoms with Crippen LogP contribution in [0.25, 0.3) is 0 Å². The molecule has 0 aliphatic carbocycles. The number of rotatable bonds is 5. The van der Waals surface area contributed by atoms with Gasteiger partial charge in [0.15, 0.2) is 0 Å². The fraction of sp³-hybridized carbons (Fsp3) is 0.586. The summed E-state index contributed by atoms with van der Waals surface area (Å²) in [5, 5.41) is 7.20. The van der Waals surface area contributed by atoms with Gasteiger partial charge < -0.3 is 15.5 Å². The average molecular weight is 461 g/mol. The van der Waals surface area contributed by atoms with Crippen LogP contribution in [0, 0.1) is 18.8 Å². The van der Waals surface area contributed by atoms with E-state index >= 15 is 0 Å². The Bertz CT molecular complexity index is 1000. The van der Waals surface area contributed by atoms with Crippen molar-refractivity contribution in [1.82, 2.24) is 20.5 Å². The summed E-state index contributed by atoms with van der Waals surface area (Å²) in [4.78, 5) is 21.5. The third kappa shape index (κ3) is 4.07. The van der Waals surface area contributed by atoms with Crippen LogP contribution >= 0.6 is 0 Å². The molecule has 34 heavy (non-hydrogen) atoms. The minimum Gasteiger partial charge on any atom is -0.339 e. The molecule has 2 N–H and O–H groups in total. The summed E-state index contributed by atoms with van der Waals surface area (Å²) in [7, 11) is 0. The SMILES string of the molecule is CCC(CC)[C@@H]1C[C@H](c2ccccc2)CCN1C(=O)[C@@H]1CNC[C@]12CNCc1nc(C)ccc12. The molecule has 0 saturated carbocycles. The van der Waals surface area contributed by atoms with E-state index in [1.54, 1.807) is 0 Å². The second-order valence-corrected chi connectivity index (χ2v) is 10.7. The van der Waals surface area contributed by atoms with E-state index in [1.165, 1.54) is 11.1 Å². The van der Waals surface area contributed by atoms with Crippen molar-refractivity contribution in [3.05, 3.63) is 65.0 Å². The number of nitrogens with one attached hydrogen (secondary N) is 2. The number of piperidine rings is 1. The molecule has 1 amide bonds. The first-order valence-corrected chi connectivity index (χ1v) is 13.3. The maximum absolute atomic E-state index is 14.4. The second kappa shape index (κ2) is 9.79. The Morgan fingerprint density at radius 1 is 1.12 bits per heavy atom. The molecule has 0 bridgehead atoms. The number of aryl methyl sites for hydroxylation is 1. The molecule has 3 aliphatic rings. The number of aromatic nitrogens is 1. The van der Waals surface area contributed by atoms with E-state index in [2.05, 4.69) is 71.8 Å². The molecule has 182 valence electrons. The highest BCUT2D eigenvalue weighted by Gasteiger charge is 2.52. The fourth-order valence-corrected chi connectivity index (χ4v) is 7.03. The summed E-state index contributed by atoms with van der Waals surface area (Å²) in [6.07, 6.45) is 4.36. The van der Waals surface area contributed by atoms with Crippen molar-refractivity contribution < 1.29 is 4.79 Å². The van der Waals surface area contributed by atoms with Crippen molar-refractivity contribution in [3.8, 4) is 0 Å². The molecule has 4 heterocycles. The monoisotopic (exact) mass is 460 g/mol. The van der Waals surface area contributed by atoms with E-state index in [0.717, 1.165) is 69.8 Å². The van der Waals surface area contributed by atoms with E-state index in [9.17, 15) is 4.79 Å². The zero-order chi connectivity index (χ0) is 23.7. The first kappa shape index (κ1) is 23.5. The smallest absolute Gasteiger partial charge is 0.228 e. The van der Waals surface area contributed by atoms with Crippen molar-refractivity contribution in [2.75, 3.05) is 26.2 Å². The molecule has 2 aromatic rings. The number of benzene rings is 1. The van der Waals surface area contributed by atoms with Gasteiger partial charge in [-0.1, -0.05) is 63.1 Å². The summed E-state index contributed by atoms with van der Waals surface area (Å²) in [5.41, 5.74) is 4.66. The van der Waals surface area contributed by atoms with Crippen LogP contribution in [0.4, 0.5) is 0 Å². The van der Waals surface area contributed by atoms with Gasteiger partial charge in [-0.25, -0.2) is 0 Å². The van der Waals surface area contributed by atoms with Crippen LogP contribution in [0.5, 0.6) is 0 Å². The summed E-state index contributed by atoms with van der Waals surface area (Å²) < 4.78 is 0. The van der Waals surface area contributed by atoms with Crippen LogP contribution in [-0.2, 0) is 16.8 Å². The molecular formula is C29H40N4O. The Balaban J connectivity index is 1.45. The summed E-state index contributed by atoms with van der Waals surface area (Å²) >= 11 is 0. The van der Waals surface area contributed by atoms with Gasteiger partial charge in [-0.2, -0.15) is 0 Å². The highest BCUT2D eigenvalue weighted by Crippen LogP contribution is 2.43. The summed E-state index contributed by atoms with van der Waals surface area (Å²) in [6.45, 7) is 10.7. The Morgan fingerprint density at radius 3 is 2.65 bits per heavy atom. The number of hydrogen-bond acceptors (Lipinski definition) is 4. The van der Waals surface area contributed by atoms with Crippen LogP contribution in [0.2, 0.25) is 0 Å². The van der Waals surface area contributed by atoms with Crippen LogP contribution in [0.3, 0.4) is 0 Å². The molecule has 2 saturated heterocycles.